The summed E-state index contributed by atoms with van der Waals surface area (Å²) in [6, 6.07) is 17.0. The van der Waals surface area contributed by atoms with Crippen LogP contribution in [-0.4, -0.2) is 5.84 Å². The van der Waals surface area contributed by atoms with E-state index < -0.39 is 28.9 Å². The number of nitrogens with one attached hydrogen (secondary N) is 1. The molecule has 0 aliphatic carbocycles. The van der Waals surface area contributed by atoms with Crippen LogP contribution >= 0.6 is 0 Å². The Morgan fingerprint density at radius 3 is 1.91 bits per heavy atom. The number of benzene rings is 3. The minimum absolute atomic E-state index is 0.0460. The van der Waals surface area contributed by atoms with Gasteiger partial charge >= 0.3 is 6.18 Å². The zero-order valence-electron chi connectivity index (χ0n) is 20.0. The Bertz CT molecular complexity index is 1220. The van der Waals surface area contributed by atoms with Gasteiger partial charge in [0, 0.05) is 12.1 Å². The highest BCUT2D eigenvalue weighted by Gasteiger charge is 2.39. The van der Waals surface area contributed by atoms with Crippen molar-refractivity contribution in [2.75, 3.05) is 0 Å². The van der Waals surface area contributed by atoms with Gasteiger partial charge < -0.3 is 5.32 Å². The quantitative estimate of drug-likeness (QED) is 0.215. The molecule has 0 aromatic heterocycles. The van der Waals surface area contributed by atoms with E-state index in [9.17, 15) is 22.0 Å². The molecule has 0 saturated heterocycles. The SMILES string of the molecule is CC(C)=C(C)/N=C(\C)N[C@@](Cc1ccccc1)(c1ccc(F)cc1)c1cc(F)cc(C(F)(F)F)c1. The zero-order chi connectivity index (χ0) is 25.8. The van der Waals surface area contributed by atoms with E-state index >= 15 is 0 Å². The van der Waals surface area contributed by atoms with Crippen LogP contribution in [0.1, 0.15) is 49.9 Å². The van der Waals surface area contributed by atoms with Crippen molar-refractivity contribution in [3.63, 3.8) is 0 Å². The normalized spacial score (nSPS) is 13.8. The molecular weight excluding hydrogens is 459 g/mol. The zero-order valence-corrected chi connectivity index (χ0v) is 20.0. The van der Waals surface area contributed by atoms with Gasteiger partial charge in [-0.05, 0) is 74.7 Å². The van der Waals surface area contributed by atoms with Crippen molar-refractivity contribution in [3.05, 3.63) is 118 Å². The number of halogens is 5. The Morgan fingerprint density at radius 1 is 0.743 bits per heavy atom. The van der Waals surface area contributed by atoms with Gasteiger partial charge in [0.15, 0.2) is 0 Å². The van der Waals surface area contributed by atoms with Gasteiger partial charge in [0.05, 0.1) is 16.9 Å². The number of amidine groups is 1. The van der Waals surface area contributed by atoms with Crippen molar-refractivity contribution in [1.29, 1.82) is 0 Å². The summed E-state index contributed by atoms with van der Waals surface area (Å²) in [5.41, 5.74) is 0.505. The van der Waals surface area contributed by atoms with Crippen molar-refractivity contribution in [2.45, 2.75) is 45.8 Å². The molecule has 0 aliphatic rings. The Labute approximate surface area is 202 Å². The molecule has 3 rings (SSSR count). The molecule has 0 radical (unpaired) electrons. The van der Waals surface area contributed by atoms with E-state index in [0.717, 1.165) is 29.0 Å². The number of allylic oxidation sites excluding steroid dienone is 2. The van der Waals surface area contributed by atoms with Crippen LogP contribution in [0.2, 0.25) is 0 Å². The topological polar surface area (TPSA) is 24.4 Å². The lowest BCUT2D eigenvalue weighted by molar-refractivity contribution is -0.137. The van der Waals surface area contributed by atoms with E-state index in [1.807, 2.05) is 51.1 Å². The number of rotatable bonds is 6. The molecule has 0 amide bonds. The smallest absolute Gasteiger partial charge is 0.360 e. The minimum atomic E-state index is -4.75. The van der Waals surface area contributed by atoms with Gasteiger partial charge in [-0.2, -0.15) is 13.2 Å². The van der Waals surface area contributed by atoms with Crippen molar-refractivity contribution < 1.29 is 22.0 Å². The fraction of sp³-hybridized carbons (Fsp3) is 0.250. The summed E-state index contributed by atoms with van der Waals surface area (Å²) in [7, 11) is 0. The second kappa shape index (κ2) is 10.4. The minimum Gasteiger partial charge on any atom is -0.360 e. The monoisotopic (exact) mass is 486 g/mol. The van der Waals surface area contributed by atoms with Crippen LogP contribution < -0.4 is 5.32 Å². The molecule has 1 atom stereocenters. The van der Waals surface area contributed by atoms with E-state index in [4.69, 9.17) is 0 Å². The summed E-state index contributed by atoms with van der Waals surface area (Å²) in [6.45, 7) is 7.30. The Hall–Kier alpha value is -3.48. The highest BCUT2D eigenvalue weighted by atomic mass is 19.4. The van der Waals surface area contributed by atoms with Crippen LogP contribution in [-0.2, 0) is 18.1 Å². The second-order valence-electron chi connectivity index (χ2n) is 8.71. The molecule has 3 aromatic rings. The lowest BCUT2D eigenvalue weighted by Crippen LogP contribution is -2.48. The summed E-state index contributed by atoms with van der Waals surface area (Å²) >= 11 is 0. The lowest BCUT2D eigenvalue weighted by Gasteiger charge is -2.38. The van der Waals surface area contributed by atoms with Gasteiger partial charge in [-0.15, -0.1) is 0 Å². The molecular formula is C28H27F5N2. The average Bonchev–Trinajstić information content (AvgIpc) is 2.78. The van der Waals surface area contributed by atoms with E-state index in [0.29, 0.717) is 17.5 Å². The molecule has 7 heteroatoms. The molecule has 0 heterocycles. The molecule has 35 heavy (non-hydrogen) atoms. The first-order valence-corrected chi connectivity index (χ1v) is 11.1. The summed E-state index contributed by atoms with van der Waals surface area (Å²) < 4.78 is 69.5. The van der Waals surface area contributed by atoms with Gasteiger partial charge in [-0.25, -0.2) is 13.8 Å². The van der Waals surface area contributed by atoms with Crippen molar-refractivity contribution >= 4 is 5.84 Å². The van der Waals surface area contributed by atoms with Crippen molar-refractivity contribution in [1.82, 2.24) is 5.32 Å². The van der Waals surface area contributed by atoms with Crippen LogP contribution in [0, 0.1) is 11.6 Å². The summed E-state index contributed by atoms with van der Waals surface area (Å²) in [5, 5.41) is 3.28. The molecule has 0 fully saturated rings. The summed E-state index contributed by atoms with van der Waals surface area (Å²) in [5.74, 6) is -1.10. The van der Waals surface area contributed by atoms with Crippen LogP contribution in [0.25, 0.3) is 0 Å². The van der Waals surface area contributed by atoms with Gasteiger partial charge in [0.25, 0.3) is 0 Å². The van der Waals surface area contributed by atoms with E-state index in [-0.39, 0.29) is 12.0 Å². The van der Waals surface area contributed by atoms with Gasteiger partial charge in [-0.3, -0.25) is 0 Å². The number of aliphatic imine (C=N–C) groups is 1. The maximum Gasteiger partial charge on any atom is 0.416 e. The van der Waals surface area contributed by atoms with Crippen LogP contribution in [0.4, 0.5) is 22.0 Å². The van der Waals surface area contributed by atoms with Crippen molar-refractivity contribution in [2.24, 2.45) is 4.99 Å². The maximum atomic E-state index is 14.6. The highest BCUT2D eigenvalue weighted by molar-refractivity contribution is 5.82. The van der Waals surface area contributed by atoms with Gasteiger partial charge in [0.2, 0.25) is 0 Å². The third-order valence-corrected chi connectivity index (χ3v) is 5.82. The third-order valence-electron chi connectivity index (χ3n) is 5.82. The van der Waals surface area contributed by atoms with Crippen LogP contribution in [0.15, 0.2) is 89.1 Å². The lowest BCUT2D eigenvalue weighted by atomic mass is 9.77. The molecule has 2 nitrogen and oxygen atoms in total. The predicted molar refractivity (Wildman–Crippen MR) is 129 cm³/mol. The highest BCUT2D eigenvalue weighted by Crippen LogP contribution is 2.38. The van der Waals surface area contributed by atoms with Crippen molar-refractivity contribution in [3.8, 4) is 0 Å². The largest absolute Gasteiger partial charge is 0.416 e. The molecule has 0 spiro atoms. The fourth-order valence-electron chi connectivity index (χ4n) is 3.90. The van der Waals surface area contributed by atoms with E-state index in [2.05, 4.69) is 10.3 Å². The molecule has 0 unspecified atom stereocenters. The Balaban J connectivity index is 2.34. The third kappa shape index (κ3) is 6.35. The first-order chi connectivity index (χ1) is 16.4. The summed E-state index contributed by atoms with van der Waals surface area (Å²) in [4.78, 5) is 4.56. The van der Waals surface area contributed by atoms with Gasteiger partial charge in [-0.1, -0.05) is 48.0 Å². The first-order valence-electron chi connectivity index (χ1n) is 11.1. The van der Waals surface area contributed by atoms with E-state index in [1.54, 1.807) is 6.92 Å². The maximum absolute atomic E-state index is 14.6. The number of hydrogen-bond acceptors (Lipinski definition) is 1. The van der Waals surface area contributed by atoms with Crippen LogP contribution in [0.5, 0.6) is 0 Å². The predicted octanol–water partition coefficient (Wildman–Crippen LogP) is 7.79. The standard InChI is InChI=1S/C28H27F5N2/c1-18(2)19(3)34-20(4)35-27(17-21-8-6-5-7-9-21,22-10-12-25(29)13-11-22)23-14-24(28(31,32)33)16-26(30)15-23/h5-16H,17H2,1-4H3,(H,34,35)/t27-/m0/s1. The molecule has 0 saturated carbocycles. The Morgan fingerprint density at radius 2 is 1.34 bits per heavy atom. The van der Waals surface area contributed by atoms with Gasteiger partial charge in [0.1, 0.15) is 11.6 Å². The molecule has 0 bridgehead atoms. The second-order valence-corrected chi connectivity index (χ2v) is 8.71. The first kappa shape index (κ1) is 26.1. The number of hydrogen-bond donors (Lipinski definition) is 1. The molecule has 3 aromatic carbocycles. The molecule has 1 N–H and O–H groups in total. The molecule has 0 aliphatic heterocycles. The average molecular weight is 487 g/mol. The van der Waals surface area contributed by atoms with E-state index in [1.165, 1.54) is 24.3 Å². The molecule has 184 valence electrons. The summed E-state index contributed by atoms with van der Waals surface area (Å²) in [6.07, 6.45) is -4.60. The number of nitrogens with zero attached hydrogens (tertiary/aromatic N) is 1. The number of alkyl halides is 3. The van der Waals surface area contributed by atoms with Crippen LogP contribution in [0.3, 0.4) is 0 Å². The Kier molecular flexibility index (Phi) is 7.78. The fourth-order valence-corrected chi connectivity index (χ4v) is 3.90.